The van der Waals surface area contributed by atoms with Gasteiger partial charge in [0, 0.05) is 5.92 Å². The number of carbonyl (C=O) groups is 1. The van der Waals surface area contributed by atoms with Crippen molar-refractivity contribution in [3.63, 3.8) is 0 Å². The predicted octanol–water partition coefficient (Wildman–Crippen LogP) is 1.86. The number of rotatable bonds is 4. The van der Waals surface area contributed by atoms with Gasteiger partial charge in [0.05, 0.1) is 0 Å². The molecule has 1 aromatic rings. The minimum atomic E-state index is -0.382. The smallest absolute Gasteiger partial charge is 0.223 e. The van der Waals surface area contributed by atoms with Gasteiger partial charge < -0.3 is 9.84 Å². The van der Waals surface area contributed by atoms with E-state index in [0.29, 0.717) is 11.7 Å². The van der Waals surface area contributed by atoms with Crippen molar-refractivity contribution in [1.82, 2.24) is 15.5 Å². The third-order valence-corrected chi connectivity index (χ3v) is 3.77. The summed E-state index contributed by atoms with van der Waals surface area (Å²) in [6.45, 7) is 6.04. The van der Waals surface area contributed by atoms with Gasteiger partial charge in [-0.3, -0.25) is 4.79 Å². The van der Waals surface area contributed by atoms with Crippen molar-refractivity contribution < 1.29 is 9.32 Å². The normalized spacial score (nSPS) is 19.8. The number of hydrogen-bond acceptors (Lipinski definition) is 4. The second-order valence-corrected chi connectivity index (χ2v) is 5.21. The number of nitrogens with one attached hydrogen (secondary N) is 1. The van der Waals surface area contributed by atoms with E-state index in [4.69, 9.17) is 4.52 Å². The number of aromatic nitrogens is 2. The van der Waals surface area contributed by atoms with Crippen LogP contribution in [0.15, 0.2) is 10.9 Å². The van der Waals surface area contributed by atoms with Crippen molar-refractivity contribution in [3.8, 4) is 0 Å². The van der Waals surface area contributed by atoms with E-state index in [0.717, 1.165) is 19.3 Å². The zero-order valence-electron chi connectivity index (χ0n) is 10.6. The van der Waals surface area contributed by atoms with Crippen LogP contribution < -0.4 is 5.32 Å². The van der Waals surface area contributed by atoms with Gasteiger partial charge in [0.2, 0.25) is 12.3 Å². The lowest BCUT2D eigenvalue weighted by Crippen LogP contribution is -2.53. The summed E-state index contributed by atoms with van der Waals surface area (Å²) in [6.07, 6.45) is 4.19. The molecule has 1 aromatic heterocycles. The molecule has 0 saturated heterocycles. The number of carbonyl (C=O) groups excluding carboxylic acids is 1. The summed E-state index contributed by atoms with van der Waals surface area (Å²) < 4.78 is 4.77. The van der Waals surface area contributed by atoms with Crippen LogP contribution >= 0.6 is 0 Å². The Hall–Kier alpha value is -1.39. The Morgan fingerprint density at radius 2 is 2.18 bits per heavy atom. The molecule has 17 heavy (non-hydrogen) atoms. The summed E-state index contributed by atoms with van der Waals surface area (Å²) in [5, 5.41) is 6.96. The van der Waals surface area contributed by atoms with Gasteiger partial charge in [0.1, 0.15) is 5.54 Å². The topological polar surface area (TPSA) is 68.0 Å². The van der Waals surface area contributed by atoms with E-state index < -0.39 is 0 Å². The van der Waals surface area contributed by atoms with E-state index in [1.54, 1.807) is 0 Å². The van der Waals surface area contributed by atoms with Crippen LogP contribution in [0.25, 0.3) is 0 Å². The van der Waals surface area contributed by atoms with Gasteiger partial charge in [-0.25, -0.2) is 0 Å². The quantitative estimate of drug-likeness (QED) is 0.867. The van der Waals surface area contributed by atoms with E-state index >= 15 is 0 Å². The van der Waals surface area contributed by atoms with Crippen LogP contribution in [0.5, 0.6) is 0 Å². The van der Waals surface area contributed by atoms with Gasteiger partial charge in [0.15, 0.2) is 5.82 Å². The maximum atomic E-state index is 12.1. The molecule has 1 N–H and O–H groups in total. The summed E-state index contributed by atoms with van der Waals surface area (Å²) >= 11 is 0. The second kappa shape index (κ2) is 4.47. The lowest BCUT2D eigenvalue weighted by atomic mass is 9.75. The van der Waals surface area contributed by atoms with Crippen LogP contribution in [-0.4, -0.2) is 16.0 Å². The molecule has 1 aliphatic carbocycles. The summed E-state index contributed by atoms with van der Waals surface area (Å²) in [6, 6.07) is 0. The maximum absolute atomic E-state index is 12.1. The molecule has 0 aliphatic heterocycles. The van der Waals surface area contributed by atoms with E-state index in [1.807, 2.05) is 20.8 Å². The number of hydrogen-bond donors (Lipinski definition) is 1. The molecular formula is C12H19N3O2. The molecule has 0 spiro atoms. The molecule has 0 bridgehead atoms. The molecule has 1 aliphatic rings. The first-order valence-electron chi connectivity index (χ1n) is 6.14. The average molecular weight is 237 g/mol. The Balaban J connectivity index is 2.08. The highest BCUT2D eigenvalue weighted by Crippen LogP contribution is 2.39. The summed E-state index contributed by atoms with van der Waals surface area (Å²) in [5.41, 5.74) is -0.382. The highest BCUT2D eigenvalue weighted by atomic mass is 16.5. The van der Waals surface area contributed by atoms with Gasteiger partial charge in [0.25, 0.3) is 0 Å². The van der Waals surface area contributed by atoms with Crippen molar-refractivity contribution >= 4 is 5.91 Å². The molecule has 1 heterocycles. The summed E-state index contributed by atoms with van der Waals surface area (Å²) in [4.78, 5) is 16.2. The lowest BCUT2D eigenvalue weighted by molar-refractivity contribution is -0.129. The van der Waals surface area contributed by atoms with E-state index in [-0.39, 0.29) is 17.4 Å². The third-order valence-electron chi connectivity index (χ3n) is 3.77. The maximum Gasteiger partial charge on any atom is 0.223 e. The fraction of sp³-hybridized carbons (Fsp3) is 0.750. The molecule has 2 rings (SSSR count). The predicted molar refractivity (Wildman–Crippen MR) is 62.0 cm³/mol. The van der Waals surface area contributed by atoms with Crippen molar-refractivity contribution in [1.29, 1.82) is 0 Å². The standard InChI is InChI=1S/C12H19N3O2/c1-8(2)9(3)10(16)14-12(5-4-6-12)11-13-7-17-15-11/h7-9H,4-6H2,1-3H3,(H,14,16)/t9-/m0/s1. The fourth-order valence-electron chi connectivity index (χ4n) is 1.97. The summed E-state index contributed by atoms with van der Waals surface area (Å²) in [5.74, 6) is 1.01. The molecule has 94 valence electrons. The zero-order valence-corrected chi connectivity index (χ0v) is 10.6. The first-order chi connectivity index (χ1) is 8.05. The van der Waals surface area contributed by atoms with Crippen molar-refractivity contribution in [2.24, 2.45) is 11.8 Å². The van der Waals surface area contributed by atoms with Gasteiger partial charge in [-0.05, 0) is 25.2 Å². The molecule has 1 amide bonds. The third kappa shape index (κ3) is 2.18. The second-order valence-electron chi connectivity index (χ2n) is 5.21. The first kappa shape index (κ1) is 12.1. The highest BCUT2D eigenvalue weighted by Gasteiger charge is 2.44. The average Bonchev–Trinajstić information content (AvgIpc) is 2.75. The van der Waals surface area contributed by atoms with Crippen LogP contribution in [0, 0.1) is 11.8 Å². The molecule has 0 unspecified atom stereocenters. The SMILES string of the molecule is CC(C)[C@H](C)C(=O)NC1(c2ncon2)CCC1. The lowest BCUT2D eigenvalue weighted by Gasteiger charge is -2.40. The minimum absolute atomic E-state index is 0.000578. The number of amides is 1. The van der Waals surface area contributed by atoms with Crippen molar-refractivity contribution in [3.05, 3.63) is 12.2 Å². The molecule has 1 saturated carbocycles. The molecular weight excluding hydrogens is 218 g/mol. The van der Waals surface area contributed by atoms with Crippen molar-refractivity contribution in [2.75, 3.05) is 0 Å². The van der Waals surface area contributed by atoms with Crippen LogP contribution in [0.1, 0.15) is 45.9 Å². The first-order valence-corrected chi connectivity index (χ1v) is 6.14. The van der Waals surface area contributed by atoms with Gasteiger partial charge >= 0.3 is 0 Å². The monoisotopic (exact) mass is 237 g/mol. The summed E-state index contributed by atoms with van der Waals surface area (Å²) in [7, 11) is 0. The largest absolute Gasteiger partial charge is 0.343 e. The molecule has 1 atom stereocenters. The number of nitrogens with zero attached hydrogens (tertiary/aromatic N) is 2. The Kier molecular flexibility index (Phi) is 3.17. The molecule has 5 heteroatoms. The van der Waals surface area contributed by atoms with E-state index in [9.17, 15) is 4.79 Å². The van der Waals surface area contributed by atoms with Gasteiger partial charge in [-0.1, -0.05) is 25.9 Å². The molecule has 5 nitrogen and oxygen atoms in total. The fourth-order valence-corrected chi connectivity index (χ4v) is 1.97. The highest BCUT2D eigenvalue weighted by molar-refractivity contribution is 5.79. The Labute approximate surface area is 101 Å². The van der Waals surface area contributed by atoms with Crippen LogP contribution in [0.3, 0.4) is 0 Å². The molecule has 1 fully saturated rings. The van der Waals surface area contributed by atoms with Gasteiger partial charge in [-0.2, -0.15) is 4.98 Å². The van der Waals surface area contributed by atoms with Gasteiger partial charge in [-0.15, -0.1) is 0 Å². The molecule has 0 aromatic carbocycles. The van der Waals surface area contributed by atoms with Crippen LogP contribution in [-0.2, 0) is 10.3 Å². The van der Waals surface area contributed by atoms with E-state index in [2.05, 4.69) is 15.5 Å². The Morgan fingerprint density at radius 3 is 2.59 bits per heavy atom. The van der Waals surface area contributed by atoms with Crippen molar-refractivity contribution in [2.45, 2.75) is 45.6 Å². The molecule has 0 radical (unpaired) electrons. The Morgan fingerprint density at radius 1 is 1.47 bits per heavy atom. The minimum Gasteiger partial charge on any atom is -0.343 e. The Bertz CT molecular complexity index is 382. The zero-order chi connectivity index (χ0) is 12.5. The van der Waals surface area contributed by atoms with Crippen LogP contribution in [0.4, 0.5) is 0 Å². The van der Waals surface area contributed by atoms with Crippen LogP contribution in [0.2, 0.25) is 0 Å². The van der Waals surface area contributed by atoms with E-state index in [1.165, 1.54) is 6.39 Å².